The third kappa shape index (κ3) is 4.51. The molecule has 0 aliphatic carbocycles. The Morgan fingerprint density at radius 3 is 2.67 bits per heavy atom. The van der Waals surface area contributed by atoms with Crippen LogP contribution in [0.4, 0.5) is 15.9 Å². The van der Waals surface area contributed by atoms with Crippen molar-refractivity contribution in [3.8, 4) is 0 Å². The van der Waals surface area contributed by atoms with Gasteiger partial charge in [0.15, 0.2) is 5.69 Å². The van der Waals surface area contributed by atoms with Crippen LogP contribution in [0.2, 0.25) is 0 Å². The Kier molecular flexibility index (Phi) is 5.85. The number of ether oxygens (including phenoxy) is 1. The summed E-state index contributed by atoms with van der Waals surface area (Å²) in [6.07, 6.45) is 1.11. The fourth-order valence-corrected chi connectivity index (χ4v) is 3.19. The van der Waals surface area contributed by atoms with E-state index in [0.717, 1.165) is 24.3 Å². The first kappa shape index (κ1) is 19.0. The van der Waals surface area contributed by atoms with Gasteiger partial charge in [0.25, 0.3) is 0 Å². The second-order valence-electron chi connectivity index (χ2n) is 6.58. The monoisotopic (exact) mass is 374 g/mol. The number of aliphatic hydroxyl groups excluding tert-OH is 1. The van der Waals surface area contributed by atoms with Crippen molar-refractivity contribution in [1.29, 1.82) is 0 Å². The number of rotatable bonds is 5. The largest absolute Gasteiger partial charge is 0.464 e. The number of aromatic nitrogens is 2. The first-order valence-corrected chi connectivity index (χ1v) is 8.89. The zero-order chi connectivity index (χ0) is 19.4. The molecule has 2 heterocycles. The number of nitrogens with one attached hydrogen (secondary N) is 1. The summed E-state index contributed by atoms with van der Waals surface area (Å²) < 4.78 is 18.5. The Labute approximate surface area is 157 Å². The van der Waals surface area contributed by atoms with Crippen molar-refractivity contribution in [2.75, 3.05) is 30.4 Å². The summed E-state index contributed by atoms with van der Waals surface area (Å²) in [6.45, 7) is 3.35. The maximum atomic E-state index is 13.9. The molecule has 2 N–H and O–H groups in total. The van der Waals surface area contributed by atoms with E-state index in [9.17, 15) is 14.3 Å². The normalized spacial score (nSPS) is 16.1. The average Bonchev–Trinajstić information content (AvgIpc) is 2.68. The Bertz CT molecular complexity index is 792. The number of hydrogen-bond donors (Lipinski definition) is 2. The van der Waals surface area contributed by atoms with Crippen molar-refractivity contribution in [3.05, 3.63) is 47.4 Å². The molecule has 1 aromatic heterocycles. The summed E-state index contributed by atoms with van der Waals surface area (Å²) in [5.41, 5.74) is 1.85. The Hall–Kier alpha value is -2.74. The van der Waals surface area contributed by atoms with Gasteiger partial charge in [-0.3, -0.25) is 0 Å². The fourth-order valence-electron chi connectivity index (χ4n) is 3.19. The summed E-state index contributed by atoms with van der Waals surface area (Å²) in [6, 6.07) is 7.64. The van der Waals surface area contributed by atoms with Crippen molar-refractivity contribution < 1.29 is 19.0 Å². The number of carbonyl (C=O) groups excluding carboxylic acids is 1. The van der Waals surface area contributed by atoms with E-state index < -0.39 is 5.97 Å². The van der Waals surface area contributed by atoms with E-state index in [1.54, 1.807) is 12.1 Å². The van der Waals surface area contributed by atoms with E-state index in [1.807, 2.05) is 6.92 Å². The number of hydrogen-bond acceptors (Lipinski definition) is 7. The number of anilines is 2. The standard InChI is InChI=1S/C19H23FN4O3/c1-12(21-18-6-4-16(22-23-18)19(26)27-2)15-11-13(20)3-5-17(15)24-9-7-14(25)8-10-24/h3-6,11-12,14,25H,7-10H2,1-2H3,(H,21,23). The van der Waals surface area contributed by atoms with E-state index in [0.29, 0.717) is 18.7 Å². The molecule has 0 amide bonds. The number of esters is 1. The number of methoxy groups -OCH3 is 1. The first-order chi connectivity index (χ1) is 13.0. The van der Waals surface area contributed by atoms with E-state index in [4.69, 9.17) is 0 Å². The Morgan fingerprint density at radius 1 is 1.30 bits per heavy atom. The van der Waals surface area contributed by atoms with Gasteiger partial charge in [0, 0.05) is 24.3 Å². The minimum atomic E-state index is -0.554. The van der Waals surface area contributed by atoms with Crippen molar-refractivity contribution in [2.45, 2.75) is 31.9 Å². The summed E-state index contributed by atoms with van der Waals surface area (Å²) in [5, 5.41) is 20.7. The summed E-state index contributed by atoms with van der Waals surface area (Å²) in [5.74, 6) is -0.396. The molecule has 3 rings (SSSR count). The Morgan fingerprint density at radius 2 is 2.04 bits per heavy atom. The second-order valence-corrected chi connectivity index (χ2v) is 6.58. The van der Waals surface area contributed by atoms with Crippen LogP contribution in [0.25, 0.3) is 0 Å². The van der Waals surface area contributed by atoms with Crippen molar-refractivity contribution >= 4 is 17.5 Å². The lowest BCUT2D eigenvalue weighted by atomic mass is 10.0. The van der Waals surface area contributed by atoms with Crippen LogP contribution in [0.5, 0.6) is 0 Å². The van der Waals surface area contributed by atoms with Gasteiger partial charge in [-0.2, -0.15) is 0 Å². The van der Waals surface area contributed by atoms with E-state index in [2.05, 4.69) is 25.2 Å². The molecule has 1 aliphatic heterocycles. The lowest BCUT2D eigenvalue weighted by Crippen LogP contribution is -2.36. The minimum Gasteiger partial charge on any atom is -0.464 e. The molecular weight excluding hydrogens is 351 g/mol. The molecule has 0 saturated carbocycles. The van der Waals surface area contributed by atoms with Crippen LogP contribution in [0, 0.1) is 5.82 Å². The quantitative estimate of drug-likeness (QED) is 0.778. The van der Waals surface area contributed by atoms with Crippen LogP contribution in [0.3, 0.4) is 0 Å². The molecule has 1 aromatic carbocycles. The number of aliphatic hydroxyl groups is 1. The first-order valence-electron chi connectivity index (χ1n) is 8.89. The van der Waals surface area contributed by atoms with Crippen LogP contribution in [-0.2, 0) is 4.74 Å². The molecule has 1 atom stereocenters. The van der Waals surface area contributed by atoms with Gasteiger partial charge in [-0.1, -0.05) is 0 Å². The fraction of sp³-hybridized carbons (Fsp3) is 0.421. The number of piperidine rings is 1. The average molecular weight is 374 g/mol. The van der Waals surface area contributed by atoms with Crippen LogP contribution in [0.15, 0.2) is 30.3 Å². The van der Waals surface area contributed by atoms with E-state index in [1.165, 1.54) is 25.3 Å². The topological polar surface area (TPSA) is 87.6 Å². The lowest BCUT2D eigenvalue weighted by Gasteiger charge is -2.34. The van der Waals surface area contributed by atoms with Gasteiger partial charge in [-0.25, -0.2) is 9.18 Å². The summed E-state index contributed by atoms with van der Waals surface area (Å²) in [4.78, 5) is 13.6. The molecule has 0 spiro atoms. The zero-order valence-corrected chi connectivity index (χ0v) is 15.4. The molecule has 7 nitrogen and oxygen atoms in total. The van der Waals surface area contributed by atoms with Gasteiger partial charge in [0.2, 0.25) is 0 Å². The molecular formula is C19H23FN4O3. The van der Waals surface area contributed by atoms with Gasteiger partial charge >= 0.3 is 5.97 Å². The van der Waals surface area contributed by atoms with E-state index in [-0.39, 0.29) is 23.7 Å². The van der Waals surface area contributed by atoms with Gasteiger partial charge < -0.3 is 20.1 Å². The molecule has 0 radical (unpaired) electrons. The summed E-state index contributed by atoms with van der Waals surface area (Å²) in [7, 11) is 1.28. The molecule has 1 fully saturated rings. The SMILES string of the molecule is COC(=O)c1ccc(NC(C)c2cc(F)ccc2N2CCC(O)CC2)nn1. The molecule has 1 aliphatic rings. The van der Waals surface area contributed by atoms with Crippen LogP contribution < -0.4 is 10.2 Å². The van der Waals surface area contributed by atoms with Crippen LogP contribution >= 0.6 is 0 Å². The molecule has 27 heavy (non-hydrogen) atoms. The zero-order valence-electron chi connectivity index (χ0n) is 15.4. The van der Waals surface area contributed by atoms with Crippen molar-refractivity contribution in [3.63, 3.8) is 0 Å². The lowest BCUT2D eigenvalue weighted by molar-refractivity contribution is 0.0592. The maximum absolute atomic E-state index is 13.9. The number of nitrogens with zero attached hydrogens (tertiary/aromatic N) is 3. The highest BCUT2D eigenvalue weighted by Crippen LogP contribution is 2.31. The van der Waals surface area contributed by atoms with Gasteiger partial charge in [-0.15, -0.1) is 10.2 Å². The predicted molar refractivity (Wildman–Crippen MR) is 99.3 cm³/mol. The predicted octanol–water partition coefficient (Wildman–Crippen LogP) is 2.54. The smallest absolute Gasteiger partial charge is 0.358 e. The molecule has 0 bridgehead atoms. The third-order valence-electron chi connectivity index (χ3n) is 4.68. The third-order valence-corrected chi connectivity index (χ3v) is 4.68. The van der Waals surface area contributed by atoms with Gasteiger partial charge in [0.05, 0.1) is 19.3 Å². The molecule has 144 valence electrons. The minimum absolute atomic E-state index is 0.119. The second kappa shape index (κ2) is 8.30. The van der Waals surface area contributed by atoms with Crippen molar-refractivity contribution in [1.82, 2.24) is 10.2 Å². The molecule has 8 heteroatoms. The molecule has 1 saturated heterocycles. The van der Waals surface area contributed by atoms with Crippen molar-refractivity contribution in [2.24, 2.45) is 0 Å². The maximum Gasteiger partial charge on any atom is 0.358 e. The molecule has 1 unspecified atom stereocenters. The Balaban J connectivity index is 1.78. The van der Waals surface area contributed by atoms with Gasteiger partial charge in [0.1, 0.15) is 11.6 Å². The van der Waals surface area contributed by atoms with Crippen LogP contribution in [0.1, 0.15) is 41.9 Å². The summed E-state index contributed by atoms with van der Waals surface area (Å²) >= 11 is 0. The van der Waals surface area contributed by atoms with Gasteiger partial charge in [-0.05, 0) is 50.1 Å². The number of carbonyl (C=O) groups is 1. The molecule has 2 aromatic rings. The number of benzene rings is 1. The van der Waals surface area contributed by atoms with E-state index >= 15 is 0 Å². The highest BCUT2D eigenvalue weighted by Gasteiger charge is 2.22. The highest BCUT2D eigenvalue weighted by molar-refractivity contribution is 5.86. The number of halogens is 1. The van der Waals surface area contributed by atoms with Crippen LogP contribution in [-0.4, -0.2) is 47.6 Å². The highest BCUT2D eigenvalue weighted by atomic mass is 19.1.